The third-order valence-electron chi connectivity index (χ3n) is 3.85. The second kappa shape index (κ2) is 9.62. The molecule has 0 heterocycles. The van der Waals surface area contributed by atoms with E-state index in [2.05, 4.69) is 5.32 Å². The molecule has 3 aromatic rings. The summed E-state index contributed by atoms with van der Waals surface area (Å²) in [5.41, 5.74) is 1.94. The Morgan fingerprint density at radius 1 is 0.893 bits per heavy atom. The maximum atomic E-state index is 12.1. The summed E-state index contributed by atoms with van der Waals surface area (Å²) in [4.78, 5) is 25.2. The smallest absolute Gasteiger partial charge is 0.417 e. The molecule has 142 valence electrons. The summed E-state index contributed by atoms with van der Waals surface area (Å²) in [5.74, 6) is -0.105. The molecule has 6 heteroatoms. The maximum absolute atomic E-state index is 12.1. The molecule has 0 spiro atoms. The zero-order valence-electron chi connectivity index (χ0n) is 15.3. The minimum atomic E-state index is -0.601. The highest BCUT2D eigenvalue weighted by Gasteiger charge is 2.10. The van der Waals surface area contributed by atoms with E-state index >= 15 is 0 Å². The van der Waals surface area contributed by atoms with E-state index in [1.807, 2.05) is 48.7 Å². The van der Waals surface area contributed by atoms with Crippen LogP contribution in [0.2, 0.25) is 0 Å². The fraction of sp³-hybridized carbons (Fsp3) is 0.0909. The number of nitrogens with one attached hydrogen (secondary N) is 1. The van der Waals surface area contributed by atoms with Gasteiger partial charge in [-0.25, -0.2) is 9.59 Å². The van der Waals surface area contributed by atoms with Crippen molar-refractivity contribution in [1.29, 1.82) is 0 Å². The SMILES string of the molecule is CSc1ccc(NC(=O)Oc2ccc(C(=O)OCc3ccccc3)cc2)cc1. The molecular weight excluding hydrogens is 374 g/mol. The average Bonchev–Trinajstić information content (AvgIpc) is 2.74. The topological polar surface area (TPSA) is 64.6 Å². The van der Waals surface area contributed by atoms with Crippen molar-refractivity contribution in [3.63, 3.8) is 0 Å². The van der Waals surface area contributed by atoms with Gasteiger partial charge in [-0.1, -0.05) is 30.3 Å². The van der Waals surface area contributed by atoms with Crippen LogP contribution in [0.25, 0.3) is 0 Å². The number of anilines is 1. The number of esters is 1. The molecular formula is C22H19NO4S. The van der Waals surface area contributed by atoms with Crippen LogP contribution < -0.4 is 10.1 Å². The largest absolute Gasteiger partial charge is 0.457 e. The number of thioether (sulfide) groups is 1. The molecule has 0 atom stereocenters. The van der Waals surface area contributed by atoms with Crippen molar-refractivity contribution in [2.75, 3.05) is 11.6 Å². The number of rotatable bonds is 6. The van der Waals surface area contributed by atoms with Crippen LogP contribution >= 0.6 is 11.8 Å². The average molecular weight is 393 g/mol. The molecule has 0 saturated carbocycles. The summed E-state index contributed by atoms with van der Waals surface area (Å²) >= 11 is 1.62. The Hall–Kier alpha value is -3.25. The monoisotopic (exact) mass is 393 g/mol. The first kappa shape index (κ1) is 19.5. The van der Waals surface area contributed by atoms with Crippen LogP contribution in [0, 0.1) is 0 Å². The second-order valence-electron chi connectivity index (χ2n) is 5.83. The Labute approximate surface area is 167 Å². The van der Waals surface area contributed by atoms with Gasteiger partial charge in [0.2, 0.25) is 0 Å². The van der Waals surface area contributed by atoms with E-state index in [0.29, 0.717) is 17.0 Å². The first-order valence-corrected chi connectivity index (χ1v) is 9.80. The Balaban J connectivity index is 1.51. The number of hydrogen-bond donors (Lipinski definition) is 1. The van der Waals surface area contributed by atoms with Gasteiger partial charge in [-0.3, -0.25) is 5.32 Å². The van der Waals surface area contributed by atoms with Gasteiger partial charge in [0.25, 0.3) is 0 Å². The molecule has 0 radical (unpaired) electrons. The third-order valence-corrected chi connectivity index (χ3v) is 4.59. The zero-order chi connectivity index (χ0) is 19.8. The van der Waals surface area contributed by atoms with Gasteiger partial charge in [0.15, 0.2) is 0 Å². The summed E-state index contributed by atoms with van der Waals surface area (Å²) < 4.78 is 10.5. The minimum absolute atomic E-state index is 0.204. The second-order valence-corrected chi connectivity index (χ2v) is 6.71. The van der Waals surface area contributed by atoms with Crippen molar-refractivity contribution >= 4 is 29.5 Å². The van der Waals surface area contributed by atoms with E-state index in [1.54, 1.807) is 48.2 Å². The molecule has 3 aromatic carbocycles. The minimum Gasteiger partial charge on any atom is -0.457 e. The molecule has 3 rings (SSSR count). The number of carbonyl (C=O) groups excluding carboxylic acids is 2. The number of carbonyl (C=O) groups is 2. The van der Waals surface area contributed by atoms with Crippen LogP contribution in [0.4, 0.5) is 10.5 Å². The lowest BCUT2D eigenvalue weighted by Crippen LogP contribution is -2.16. The molecule has 0 aliphatic heterocycles. The first-order chi connectivity index (χ1) is 13.6. The predicted octanol–water partition coefficient (Wildman–Crippen LogP) is 5.38. The number of ether oxygens (including phenoxy) is 2. The Bertz CT molecular complexity index is 925. The Kier molecular flexibility index (Phi) is 6.70. The lowest BCUT2D eigenvalue weighted by Gasteiger charge is -2.08. The molecule has 0 aliphatic rings. The highest BCUT2D eigenvalue weighted by molar-refractivity contribution is 7.98. The van der Waals surface area contributed by atoms with Gasteiger partial charge in [0.05, 0.1) is 5.56 Å². The molecule has 0 unspecified atom stereocenters. The highest BCUT2D eigenvalue weighted by atomic mass is 32.2. The van der Waals surface area contributed by atoms with Crippen molar-refractivity contribution in [1.82, 2.24) is 0 Å². The number of benzene rings is 3. The van der Waals surface area contributed by atoms with Crippen molar-refractivity contribution in [3.8, 4) is 5.75 Å². The van der Waals surface area contributed by atoms with Crippen LogP contribution in [-0.4, -0.2) is 18.3 Å². The molecule has 28 heavy (non-hydrogen) atoms. The van der Waals surface area contributed by atoms with Crippen molar-refractivity contribution in [2.24, 2.45) is 0 Å². The van der Waals surface area contributed by atoms with E-state index in [9.17, 15) is 9.59 Å². The molecule has 5 nitrogen and oxygen atoms in total. The summed E-state index contributed by atoms with van der Waals surface area (Å²) in [6, 6.07) is 23.1. The first-order valence-electron chi connectivity index (χ1n) is 8.58. The molecule has 0 fully saturated rings. The lowest BCUT2D eigenvalue weighted by molar-refractivity contribution is 0.0472. The Morgan fingerprint density at radius 2 is 1.57 bits per heavy atom. The van der Waals surface area contributed by atoms with Crippen LogP contribution in [0.15, 0.2) is 83.8 Å². The number of hydrogen-bond acceptors (Lipinski definition) is 5. The van der Waals surface area contributed by atoms with Gasteiger partial charge in [0.1, 0.15) is 12.4 Å². The standard InChI is InChI=1S/C22H19NO4S/c1-28-20-13-9-18(10-14-20)23-22(25)27-19-11-7-17(8-12-19)21(24)26-15-16-5-3-2-4-6-16/h2-14H,15H2,1H3,(H,23,25). The lowest BCUT2D eigenvalue weighted by atomic mass is 10.2. The van der Waals surface area contributed by atoms with Gasteiger partial charge in [-0.2, -0.15) is 0 Å². The van der Waals surface area contributed by atoms with Gasteiger partial charge >= 0.3 is 12.1 Å². The molecule has 0 saturated heterocycles. The van der Waals surface area contributed by atoms with E-state index in [4.69, 9.17) is 9.47 Å². The van der Waals surface area contributed by atoms with Gasteiger partial charge < -0.3 is 9.47 Å². The van der Waals surface area contributed by atoms with E-state index in [1.165, 1.54) is 0 Å². The highest BCUT2D eigenvalue weighted by Crippen LogP contribution is 2.18. The maximum Gasteiger partial charge on any atom is 0.417 e. The molecule has 1 N–H and O–H groups in total. The number of amides is 1. The predicted molar refractivity (Wildman–Crippen MR) is 110 cm³/mol. The van der Waals surface area contributed by atoms with Crippen molar-refractivity contribution in [3.05, 3.63) is 90.0 Å². The summed E-state index contributed by atoms with van der Waals surface area (Å²) in [7, 11) is 0. The quantitative estimate of drug-likeness (QED) is 0.450. The van der Waals surface area contributed by atoms with E-state index in [-0.39, 0.29) is 6.61 Å². The van der Waals surface area contributed by atoms with Crippen molar-refractivity contribution in [2.45, 2.75) is 11.5 Å². The summed E-state index contributed by atoms with van der Waals surface area (Å²) in [6.45, 7) is 0.204. The van der Waals surface area contributed by atoms with Gasteiger partial charge in [0, 0.05) is 10.6 Å². The van der Waals surface area contributed by atoms with Crippen LogP contribution in [0.5, 0.6) is 5.75 Å². The molecule has 0 aliphatic carbocycles. The van der Waals surface area contributed by atoms with Crippen LogP contribution in [0.3, 0.4) is 0 Å². The van der Waals surface area contributed by atoms with Crippen LogP contribution in [-0.2, 0) is 11.3 Å². The fourth-order valence-corrected chi connectivity index (χ4v) is 2.80. The summed E-state index contributed by atoms with van der Waals surface area (Å²) in [6.07, 6.45) is 1.38. The van der Waals surface area contributed by atoms with Gasteiger partial charge in [-0.05, 0) is 60.4 Å². The van der Waals surface area contributed by atoms with E-state index < -0.39 is 12.1 Å². The molecule has 0 aromatic heterocycles. The van der Waals surface area contributed by atoms with Crippen molar-refractivity contribution < 1.29 is 19.1 Å². The normalized spacial score (nSPS) is 10.2. The van der Waals surface area contributed by atoms with E-state index in [0.717, 1.165) is 10.5 Å². The summed E-state index contributed by atoms with van der Waals surface area (Å²) in [5, 5.41) is 2.66. The third kappa shape index (κ3) is 5.62. The molecule has 0 bridgehead atoms. The van der Waals surface area contributed by atoms with Gasteiger partial charge in [-0.15, -0.1) is 11.8 Å². The Morgan fingerprint density at radius 3 is 2.21 bits per heavy atom. The zero-order valence-corrected chi connectivity index (χ0v) is 16.1. The molecule has 1 amide bonds. The van der Waals surface area contributed by atoms with Crippen LogP contribution in [0.1, 0.15) is 15.9 Å². The fourth-order valence-electron chi connectivity index (χ4n) is 2.39.